The molecule has 2 aromatic carbocycles. The Labute approximate surface area is 184 Å². The lowest BCUT2D eigenvalue weighted by Crippen LogP contribution is -2.53. The normalized spacial score (nSPS) is 12.2. The van der Waals surface area contributed by atoms with Crippen molar-refractivity contribution in [3.63, 3.8) is 0 Å². The molecule has 0 unspecified atom stereocenters. The first kappa shape index (κ1) is 23.7. The number of hydrogen-bond donors (Lipinski definition) is 1. The lowest BCUT2D eigenvalue weighted by molar-refractivity contribution is -0.142. The summed E-state index contributed by atoms with van der Waals surface area (Å²) in [6, 6.07) is 12.4. The van der Waals surface area contributed by atoms with Gasteiger partial charge in [-0.3, -0.25) is 9.59 Å². The molecule has 2 rings (SSSR count). The molecule has 5 nitrogen and oxygen atoms in total. The van der Waals surface area contributed by atoms with Crippen molar-refractivity contribution in [1.29, 1.82) is 0 Å². The quantitative estimate of drug-likeness (QED) is 0.694. The molecule has 0 heterocycles. The Morgan fingerprint density at radius 1 is 1.10 bits per heavy atom. The van der Waals surface area contributed by atoms with Crippen molar-refractivity contribution in [2.75, 3.05) is 6.61 Å². The molecular formula is C24H31ClN2O3. The molecular weight excluding hydrogens is 400 g/mol. The Balaban J connectivity index is 2.21. The average molecular weight is 431 g/mol. The Morgan fingerprint density at radius 3 is 2.27 bits per heavy atom. The highest BCUT2D eigenvalue weighted by atomic mass is 35.5. The zero-order valence-corrected chi connectivity index (χ0v) is 19.3. The van der Waals surface area contributed by atoms with Crippen LogP contribution in [0.1, 0.15) is 44.4 Å². The highest BCUT2D eigenvalue weighted by molar-refractivity contribution is 6.31. The molecule has 0 fully saturated rings. The van der Waals surface area contributed by atoms with E-state index in [1.807, 2.05) is 71.0 Å². The van der Waals surface area contributed by atoms with Crippen molar-refractivity contribution < 1.29 is 14.3 Å². The number of amides is 2. The summed E-state index contributed by atoms with van der Waals surface area (Å²) in [6.45, 7) is 11.4. The number of aryl methyl sites for hydroxylation is 2. The Kier molecular flexibility index (Phi) is 7.90. The number of carbonyl (C=O) groups is 2. The third-order valence-corrected chi connectivity index (χ3v) is 4.89. The molecule has 6 heteroatoms. The molecule has 0 aliphatic carbocycles. The van der Waals surface area contributed by atoms with Gasteiger partial charge in [0.1, 0.15) is 11.8 Å². The minimum atomic E-state index is -0.684. The number of benzene rings is 2. The topological polar surface area (TPSA) is 58.6 Å². The Morgan fingerprint density at radius 2 is 1.70 bits per heavy atom. The van der Waals surface area contributed by atoms with E-state index in [-0.39, 0.29) is 25.0 Å². The number of nitrogens with one attached hydrogen (secondary N) is 1. The van der Waals surface area contributed by atoms with Crippen LogP contribution in [-0.2, 0) is 16.1 Å². The summed E-state index contributed by atoms with van der Waals surface area (Å²) in [7, 11) is 0. The average Bonchev–Trinajstić information content (AvgIpc) is 2.63. The smallest absolute Gasteiger partial charge is 0.261 e. The number of rotatable bonds is 7. The zero-order valence-electron chi connectivity index (χ0n) is 18.6. The fourth-order valence-electron chi connectivity index (χ4n) is 3.11. The van der Waals surface area contributed by atoms with E-state index in [1.54, 1.807) is 13.0 Å². The zero-order chi connectivity index (χ0) is 22.5. The van der Waals surface area contributed by atoms with E-state index in [4.69, 9.17) is 16.3 Å². The van der Waals surface area contributed by atoms with Crippen LogP contribution in [0.5, 0.6) is 5.75 Å². The summed E-state index contributed by atoms with van der Waals surface area (Å²) in [5, 5.41) is 3.49. The molecule has 30 heavy (non-hydrogen) atoms. The maximum Gasteiger partial charge on any atom is 0.261 e. The van der Waals surface area contributed by atoms with Gasteiger partial charge < -0.3 is 15.0 Å². The minimum absolute atomic E-state index is 0.166. The summed E-state index contributed by atoms with van der Waals surface area (Å²) in [4.78, 5) is 27.4. The first-order valence-electron chi connectivity index (χ1n) is 10.0. The number of halogens is 1. The highest BCUT2D eigenvalue weighted by Gasteiger charge is 2.29. The maximum absolute atomic E-state index is 13.1. The molecule has 0 bridgehead atoms. The SMILES string of the molecule is Cc1cc(C)cc(OCC(=O)N(Cc2ccccc2Cl)[C@@H](C)C(=O)NC(C)(C)C)c1. The van der Waals surface area contributed by atoms with Crippen LogP contribution in [0.2, 0.25) is 5.02 Å². The van der Waals surface area contributed by atoms with E-state index >= 15 is 0 Å². The van der Waals surface area contributed by atoms with Gasteiger partial charge in [0.2, 0.25) is 5.91 Å². The first-order valence-corrected chi connectivity index (χ1v) is 10.4. The van der Waals surface area contributed by atoms with Crippen LogP contribution < -0.4 is 10.1 Å². The summed E-state index contributed by atoms with van der Waals surface area (Å²) in [5.41, 5.74) is 2.49. The molecule has 2 amide bonds. The minimum Gasteiger partial charge on any atom is -0.484 e. The van der Waals surface area contributed by atoms with E-state index in [1.165, 1.54) is 4.90 Å². The lowest BCUT2D eigenvalue weighted by atomic mass is 10.1. The number of hydrogen-bond acceptors (Lipinski definition) is 3. The van der Waals surface area contributed by atoms with Gasteiger partial charge in [0, 0.05) is 17.1 Å². The largest absolute Gasteiger partial charge is 0.484 e. The van der Waals surface area contributed by atoms with Crippen LogP contribution in [0.3, 0.4) is 0 Å². The van der Waals surface area contributed by atoms with Crippen LogP contribution in [0.4, 0.5) is 0 Å². The van der Waals surface area contributed by atoms with E-state index in [0.717, 1.165) is 16.7 Å². The summed E-state index contributed by atoms with van der Waals surface area (Å²) in [6.07, 6.45) is 0. The molecule has 0 saturated heterocycles. The van der Waals surface area contributed by atoms with Crippen molar-refractivity contribution in [3.05, 3.63) is 64.2 Å². The Hall–Kier alpha value is -2.53. The molecule has 0 aromatic heterocycles. The Bertz CT molecular complexity index is 885. The molecule has 0 aliphatic heterocycles. The number of nitrogens with zero attached hydrogens (tertiary/aromatic N) is 1. The summed E-state index contributed by atoms with van der Waals surface area (Å²) >= 11 is 6.30. The molecule has 0 saturated carbocycles. The molecule has 0 radical (unpaired) electrons. The second-order valence-electron chi connectivity index (χ2n) is 8.64. The van der Waals surface area contributed by atoms with Crippen LogP contribution in [0, 0.1) is 13.8 Å². The summed E-state index contributed by atoms with van der Waals surface area (Å²) in [5.74, 6) is 0.116. The number of carbonyl (C=O) groups excluding carboxylic acids is 2. The highest BCUT2D eigenvalue weighted by Crippen LogP contribution is 2.20. The molecule has 0 aliphatic rings. The molecule has 1 atom stereocenters. The maximum atomic E-state index is 13.1. The fraction of sp³-hybridized carbons (Fsp3) is 0.417. The van der Waals surface area contributed by atoms with Gasteiger partial charge in [-0.1, -0.05) is 35.9 Å². The second-order valence-corrected chi connectivity index (χ2v) is 9.05. The first-order chi connectivity index (χ1) is 14.0. The van der Waals surface area contributed by atoms with Crippen LogP contribution in [0.15, 0.2) is 42.5 Å². The standard InChI is InChI=1S/C24H31ClN2O3/c1-16-11-17(2)13-20(12-16)30-15-22(28)27(14-19-9-7-8-10-21(19)25)18(3)23(29)26-24(4,5)6/h7-13,18H,14-15H2,1-6H3,(H,26,29)/t18-/m0/s1. The van der Waals surface area contributed by atoms with Crippen LogP contribution in [0.25, 0.3) is 0 Å². The van der Waals surface area contributed by atoms with Crippen LogP contribution in [-0.4, -0.2) is 34.9 Å². The van der Waals surface area contributed by atoms with Gasteiger partial charge in [-0.25, -0.2) is 0 Å². The summed E-state index contributed by atoms with van der Waals surface area (Å²) < 4.78 is 5.75. The predicted molar refractivity (Wildman–Crippen MR) is 121 cm³/mol. The van der Waals surface area contributed by atoms with Crippen molar-refractivity contribution >= 4 is 23.4 Å². The molecule has 1 N–H and O–H groups in total. The van der Waals surface area contributed by atoms with Gasteiger partial charge in [0.05, 0.1) is 0 Å². The van der Waals surface area contributed by atoms with Crippen molar-refractivity contribution in [2.24, 2.45) is 0 Å². The molecule has 162 valence electrons. The van der Waals surface area contributed by atoms with E-state index in [2.05, 4.69) is 5.32 Å². The van der Waals surface area contributed by atoms with Crippen molar-refractivity contribution in [2.45, 2.75) is 59.7 Å². The van der Waals surface area contributed by atoms with E-state index in [0.29, 0.717) is 10.8 Å². The lowest BCUT2D eigenvalue weighted by Gasteiger charge is -2.31. The second kappa shape index (κ2) is 9.98. The monoisotopic (exact) mass is 430 g/mol. The number of ether oxygens (including phenoxy) is 1. The third kappa shape index (κ3) is 7.06. The van der Waals surface area contributed by atoms with Gasteiger partial charge in [0.15, 0.2) is 6.61 Å². The van der Waals surface area contributed by atoms with Crippen molar-refractivity contribution in [1.82, 2.24) is 10.2 Å². The molecule has 2 aromatic rings. The van der Waals surface area contributed by atoms with Gasteiger partial charge >= 0.3 is 0 Å². The van der Waals surface area contributed by atoms with E-state index < -0.39 is 11.6 Å². The van der Waals surface area contributed by atoms with E-state index in [9.17, 15) is 9.59 Å². The van der Waals surface area contributed by atoms with Crippen LogP contribution >= 0.6 is 11.6 Å². The van der Waals surface area contributed by atoms with Gasteiger partial charge in [-0.2, -0.15) is 0 Å². The predicted octanol–water partition coefficient (Wildman–Crippen LogP) is 4.67. The van der Waals surface area contributed by atoms with Gasteiger partial charge in [-0.05, 0) is 76.4 Å². The fourth-order valence-corrected chi connectivity index (χ4v) is 3.31. The van der Waals surface area contributed by atoms with Gasteiger partial charge in [-0.15, -0.1) is 0 Å². The third-order valence-electron chi connectivity index (χ3n) is 4.52. The van der Waals surface area contributed by atoms with Gasteiger partial charge in [0.25, 0.3) is 5.91 Å². The van der Waals surface area contributed by atoms with Crippen molar-refractivity contribution in [3.8, 4) is 5.75 Å². The molecule has 0 spiro atoms.